The fraction of sp³-hybridized carbons (Fsp3) is 0.345. The minimum Gasteiger partial charge on any atom is -0.340 e. The zero-order valence-corrected chi connectivity index (χ0v) is 22.7. The van der Waals surface area contributed by atoms with E-state index in [0.29, 0.717) is 12.2 Å². The minimum absolute atomic E-state index is 0.114. The number of unbranched alkanes of at least 4 members (excludes halogenated alkanes) is 1. The van der Waals surface area contributed by atoms with Gasteiger partial charge in [-0.15, -0.1) is 0 Å². The van der Waals surface area contributed by atoms with Crippen LogP contribution in [-0.4, -0.2) is 36.4 Å². The third kappa shape index (κ3) is 5.91. The molecule has 0 saturated carbocycles. The van der Waals surface area contributed by atoms with E-state index in [1.165, 1.54) is 17.8 Å². The number of likely N-dealkylation sites (tertiary alicyclic amines) is 1. The van der Waals surface area contributed by atoms with Crippen LogP contribution in [0.4, 0.5) is 24.5 Å². The van der Waals surface area contributed by atoms with Crippen molar-refractivity contribution in [3.8, 4) is 0 Å². The van der Waals surface area contributed by atoms with Gasteiger partial charge in [-0.2, -0.15) is 13.2 Å². The molecule has 3 aromatic carbocycles. The highest BCUT2D eigenvalue weighted by Crippen LogP contribution is 2.49. The number of anilines is 2. The molecule has 1 fully saturated rings. The van der Waals surface area contributed by atoms with Gasteiger partial charge in [0, 0.05) is 26.4 Å². The Balaban J connectivity index is 1.28. The van der Waals surface area contributed by atoms with Gasteiger partial charge in [0.2, 0.25) is 0 Å². The molecule has 0 aliphatic carbocycles. The number of halogens is 4. The highest BCUT2D eigenvalue weighted by Gasteiger charge is 2.33. The lowest BCUT2D eigenvalue weighted by atomic mass is 9.94. The Morgan fingerprint density at radius 1 is 0.919 bits per heavy atom. The summed E-state index contributed by atoms with van der Waals surface area (Å²) < 4.78 is 41.4. The van der Waals surface area contributed by atoms with Gasteiger partial charge >= 0.3 is 6.18 Å². The number of carbonyl (C=O) groups excluding carboxylic acids is 1. The van der Waals surface area contributed by atoms with Gasteiger partial charge < -0.3 is 4.90 Å². The van der Waals surface area contributed by atoms with Gasteiger partial charge in [0.25, 0.3) is 0 Å². The average molecular weight is 590 g/mol. The van der Waals surface area contributed by atoms with Crippen LogP contribution in [0.1, 0.15) is 48.0 Å². The van der Waals surface area contributed by atoms with Crippen molar-refractivity contribution >= 4 is 44.8 Å². The molecule has 0 amide bonds. The zero-order valence-electron chi connectivity index (χ0n) is 20.3. The number of fused-ring (bicyclic) bond motifs is 2. The summed E-state index contributed by atoms with van der Waals surface area (Å²) in [5.41, 5.74) is 1.67. The monoisotopic (exact) mass is 588 g/mol. The first-order valence-corrected chi connectivity index (χ1v) is 14.2. The Labute approximate surface area is 228 Å². The number of hydrogen-bond donors (Lipinski definition) is 0. The van der Waals surface area contributed by atoms with Gasteiger partial charge in [0.15, 0.2) is 5.78 Å². The molecule has 2 aliphatic heterocycles. The number of Topliss-reactive ketones (excluding diaryl/α,β-unsaturated/α-hetero) is 1. The molecule has 37 heavy (non-hydrogen) atoms. The minimum atomic E-state index is -4.38. The van der Waals surface area contributed by atoms with Gasteiger partial charge in [0.1, 0.15) is 0 Å². The van der Waals surface area contributed by atoms with Crippen LogP contribution in [0.15, 0.2) is 81.0 Å². The molecule has 2 heterocycles. The van der Waals surface area contributed by atoms with Crippen molar-refractivity contribution in [2.75, 3.05) is 24.5 Å². The molecule has 0 N–H and O–H groups in total. The molecule has 194 valence electrons. The van der Waals surface area contributed by atoms with E-state index in [1.807, 2.05) is 53.4 Å². The van der Waals surface area contributed by atoms with Crippen LogP contribution >= 0.6 is 27.7 Å². The summed E-state index contributed by atoms with van der Waals surface area (Å²) in [6, 6.07) is 19.3. The van der Waals surface area contributed by atoms with Crippen molar-refractivity contribution in [2.24, 2.45) is 0 Å². The van der Waals surface area contributed by atoms with Crippen LogP contribution in [0, 0.1) is 0 Å². The van der Waals surface area contributed by atoms with Crippen LogP contribution in [0.3, 0.4) is 0 Å². The molecule has 5 rings (SSSR count). The summed E-state index contributed by atoms with van der Waals surface area (Å²) >= 11 is 4.94. The number of nitrogens with zero attached hydrogens (tertiary/aromatic N) is 2. The molecule has 1 saturated heterocycles. The molecule has 3 aromatic rings. The van der Waals surface area contributed by atoms with Gasteiger partial charge in [-0.3, -0.25) is 9.69 Å². The Bertz CT molecular complexity index is 1260. The van der Waals surface area contributed by atoms with Crippen LogP contribution in [0.25, 0.3) is 0 Å². The summed E-state index contributed by atoms with van der Waals surface area (Å²) in [5.74, 6) is 0.169. The first-order chi connectivity index (χ1) is 17.8. The molecule has 1 atom stereocenters. The molecule has 1 unspecified atom stereocenters. The molecule has 0 aromatic heterocycles. The first-order valence-electron chi connectivity index (χ1n) is 12.6. The zero-order chi connectivity index (χ0) is 26.0. The number of ketones is 1. The van der Waals surface area contributed by atoms with Crippen LogP contribution in [0.2, 0.25) is 0 Å². The van der Waals surface area contributed by atoms with E-state index < -0.39 is 11.7 Å². The summed E-state index contributed by atoms with van der Waals surface area (Å²) in [5, 5.41) is 0. The van der Waals surface area contributed by atoms with E-state index in [4.69, 9.17) is 0 Å². The summed E-state index contributed by atoms with van der Waals surface area (Å²) in [6.07, 6.45) is 0.277. The van der Waals surface area contributed by atoms with Gasteiger partial charge in [-0.1, -0.05) is 58.4 Å². The predicted molar refractivity (Wildman–Crippen MR) is 146 cm³/mol. The molecule has 2 aliphatic rings. The summed E-state index contributed by atoms with van der Waals surface area (Å²) in [6.45, 7) is 2.31. The highest BCUT2D eigenvalue weighted by atomic mass is 79.9. The second-order valence-electron chi connectivity index (χ2n) is 9.53. The van der Waals surface area contributed by atoms with Gasteiger partial charge in [0.05, 0.1) is 23.0 Å². The molecular weight excluding hydrogens is 561 g/mol. The van der Waals surface area contributed by atoms with Crippen LogP contribution in [-0.2, 0) is 6.18 Å². The van der Waals surface area contributed by atoms with E-state index in [0.717, 1.165) is 76.8 Å². The van der Waals surface area contributed by atoms with E-state index in [9.17, 15) is 18.0 Å². The Hall–Kier alpha value is -2.29. The Kier molecular flexibility index (Phi) is 7.98. The topological polar surface area (TPSA) is 23.6 Å². The molecule has 3 nitrogen and oxygen atoms in total. The fourth-order valence-corrected chi connectivity index (χ4v) is 6.53. The van der Waals surface area contributed by atoms with E-state index in [-0.39, 0.29) is 11.8 Å². The van der Waals surface area contributed by atoms with E-state index in [2.05, 4.69) is 20.8 Å². The Morgan fingerprint density at radius 3 is 2.43 bits per heavy atom. The van der Waals surface area contributed by atoms with E-state index >= 15 is 0 Å². The number of para-hydroxylation sites is 1. The highest BCUT2D eigenvalue weighted by molar-refractivity contribution is 9.10. The number of alkyl halides is 3. The molecular formula is C29H28BrF3N2OS. The van der Waals surface area contributed by atoms with Crippen molar-refractivity contribution in [3.05, 3.63) is 82.3 Å². The SMILES string of the molecule is O=C(c1ccc(Br)cc1)C1CCCCN1CCCCN1c2ccccc2Sc2ccc(C(F)(F)F)cc21. The second-order valence-corrected chi connectivity index (χ2v) is 11.5. The van der Waals surface area contributed by atoms with Gasteiger partial charge in [-0.25, -0.2) is 0 Å². The molecule has 8 heteroatoms. The third-order valence-corrected chi connectivity index (χ3v) is 8.73. The number of hydrogen-bond acceptors (Lipinski definition) is 4. The quantitative estimate of drug-likeness (QED) is 0.204. The number of carbonyl (C=O) groups is 1. The first kappa shape index (κ1) is 26.3. The van der Waals surface area contributed by atoms with Crippen LogP contribution in [0.5, 0.6) is 0 Å². The maximum atomic E-state index is 13.5. The molecule has 0 radical (unpaired) electrons. The third-order valence-electron chi connectivity index (χ3n) is 7.08. The smallest absolute Gasteiger partial charge is 0.340 e. The predicted octanol–water partition coefficient (Wildman–Crippen LogP) is 8.59. The standard InChI is InChI=1S/C29H28BrF3N2OS/c30-22-13-10-20(11-14-22)28(36)24-8-3-4-16-34(24)17-5-6-18-35-23-7-1-2-9-26(23)37-27-15-12-21(19-25(27)35)29(31,32)33/h1-2,7,9-15,19,24H,3-6,8,16-18H2. The number of piperidine rings is 1. The maximum Gasteiger partial charge on any atom is 0.416 e. The summed E-state index contributed by atoms with van der Waals surface area (Å²) in [4.78, 5) is 19.4. The lowest BCUT2D eigenvalue weighted by Crippen LogP contribution is -2.45. The van der Waals surface area contributed by atoms with Crippen LogP contribution < -0.4 is 4.90 Å². The Morgan fingerprint density at radius 2 is 1.65 bits per heavy atom. The lowest BCUT2D eigenvalue weighted by molar-refractivity contribution is -0.137. The van der Waals surface area contributed by atoms with Crippen molar-refractivity contribution in [1.29, 1.82) is 0 Å². The number of benzene rings is 3. The van der Waals surface area contributed by atoms with Crippen molar-refractivity contribution in [2.45, 2.75) is 54.1 Å². The molecule has 0 bridgehead atoms. The average Bonchev–Trinajstić information content (AvgIpc) is 2.90. The second kappa shape index (κ2) is 11.2. The number of rotatable bonds is 7. The van der Waals surface area contributed by atoms with Crippen molar-refractivity contribution < 1.29 is 18.0 Å². The lowest BCUT2D eigenvalue weighted by Gasteiger charge is -2.36. The summed E-state index contributed by atoms with van der Waals surface area (Å²) in [7, 11) is 0. The van der Waals surface area contributed by atoms with Crippen molar-refractivity contribution in [1.82, 2.24) is 4.90 Å². The van der Waals surface area contributed by atoms with E-state index in [1.54, 1.807) is 6.07 Å². The maximum absolute atomic E-state index is 13.5. The largest absolute Gasteiger partial charge is 0.416 e. The normalized spacial score (nSPS) is 17.8. The van der Waals surface area contributed by atoms with Crippen molar-refractivity contribution in [3.63, 3.8) is 0 Å². The fourth-order valence-electron chi connectivity index (χ4n) is 5.19. The van der Waals surface area contributed by atoms with Gasteiger partial charge in [-0.05, 0) is 81.2 Å². The molecule has 0 spiro atoms.